The Hall–Kier alpha value is 0.719. The van der Waals surface area contributed by atoms with Crippen molar-refractivity contribution in [1.29, 1.82) is 0 Å². The molecule has 0 aliphatic heterocycles. The number of aliphatic hydroxyl groups excluding tert-OH is 1. The summed E-state index contributed by atoms with van der Waals surface area (Å²) >= 11 is -2.08. The molecular weight excluding hydrogens is 403 g/mol. The Morgan fingerprint density at radius 1 is 0.792 bits per heavy atom. The maximum absolute atomic E-state index is 11.1. The first-order valence-electron chi connectivity index (χ1n) is 11.1. The van der Waals surface area contributed by atoms with E-state index in [0.29, 0.717) is 0 Å². The summed E-state index contributed by atoms with van der Waals surface area (Å²) in [6.45, 7) is 4.54. The normalized spacial score (nSPS) is 24.1. The molecule has 0 amide bonds. The molecule has 2 unspecified atom stereocenters. The molecule has 1 saturated carbocycles. The van der Waals surface area contributed by atoms with Gasteiger partial charge in [0.2, 0.25) is 0 Å². The second-order valence-corrected chi connectivity index (χ2v) is 18.3. The number of hydrogen-bond acceptors (Lipinski definition) is 2. The molecule has 1 fully saturated rings. The van der Waals surface area contributed by atoms with Crippen molar-refractivity contribution in [2.75, 3.05) is 0 Å². The summed E-state index contributed by atoms with van der Waals surface area (Å²) < 4.78 is 2.06. The van der Waals surface area contributed by atoms with Crippen molar-refractivity contribution < 1.29 is 10.2 Å². The third kappa shape index (κ3) is 8.40. The maximum atomic E-state index is 11.1. The van der Waals surface area contributed by atoms with Crippen LogP contribution >= 0.6 is 0 Å². The predicted molar refractivity (Wildman–Crippen MR) is 108 cm³/mol. The molecule has 24 heavy (non-hydrogen) atoms. The third-order valence-electron chi connectivity index (χ3n) is 6.15. The second-order valence-electron chi connectivity index (χ2n) is 8.21. The minimum absolute atomic E-state index is 0.390. The molecule has 0 spiro atoms. The fourth-order valence-corrected chi connectivity index (χ4v) is 16.4. The first-order chi connectivity index (χ1) is 11.6. The van der Waals surface area contributed by atoms with Gasteiger partial charge in [0.25, 0.3) is 0 Å². The monoisotopic (exact) mass is 448 g/mol. The number of unbranched alkanes of at least 4 members (excludes halogenated alkanes) is 10. The molecule has 0 saturated heterocycles. The van der Waals surface area contributed by atoms with Gasteiger partial charge in [-0.15, -0.1) is 0 Å². The van der Waals surface area contributed by atoms with Crippen LogP contribution in [0, 0.1) is 0 Å². The zero-order valence-corrected chi connectivity index (χ0v) is 19.9. The average Bonchev–Trinajstić information content (AvgIpc) is 2.92. The van der Waals surface area contributed by atoms with Crippen molar-refractivity contribution in [3.05, 3.63) is 0 Å². The molecule has 0 bridgehead atoms. The molecule has 3 heteroatoms. The van der Waals surface area contributed by atoms with Crippen molar-refractivity contribution in [3.63, 3.8) is 0 Å². The molecule has 2 atom stereocenters. The van der Waals surface area contributed by atoms with Crippen LogP contribution in [0.5, 0.6) is 0 Å². The molecule has 0 aromatic heterocycles. The van der Waals surface area contributed by atoms with Gasteiger partial charge in [0.15, 0.2) is 0 Å². The van der Waals surface area contributed by atoms with Crippen molar-refractivity contribution in [2.24, 2.45) is 0 Å². The predicted octanol–water partition coefficient (Wildman–Crippen LogP) is 5.75. The van der Waals surface area contributed by atoms with Gasteiger partial charge >= 0.3 is 159 Å². The van der Waals surface area contributed by atoms with Crippen LogP contribution in [0.25, 0.3) is 0 Å². The fourth-order valence-electron chi connectivity index (χ4n) is 4.46. The number of hydrogen-bond donors (Lipinski definition) is 2. The van der Waals surface area contributed by atoms with Gasteiger partial charge in [-0.3, -0.25) is 0 Å². The SMILES string of the molecule is CCCCCCC[CH2][SnH]([CH2]CCCCCCC)[C]1(O)CCCC1O. The molecule has 1 aliphatic carbocycles. The van der Waals surface area contributed by atoms with E-state index in [1.165, 1.54) is 85.9 Å². The van der Waals surface area contributed by atoms with Gasteiger partial charge in [-0.1, -0.05) is 0 Å². The Morgan fingerprint density at radius 3 is 1.67 bits per heavy atom. The summed E-state index contributed by atoms with van der Waals surface area (Å²) in [7, 11) is 0. The zero-order chi connectivity index (χ0) is 17.7. The molecular formula is C21H44O2Sn. The molecule has 2 nitrogen and oxygen atoms in total. The molecule has 0 radical (unpaired) electrons. The van der Waals surface area contributed by atoms with Crippen molar-refractivity contribution >= 4 is 19.8 Å². The van der Waals surface area contributed by atoms with Crippen LogP contribution < -0.4 is 0 Å². The van der Waals surface area contributed by atoms with Gasteiger partial charge in [-0.25, -0.2) is 0 Å². The standard InChI is InChI=1S/2C8H17.C5H9O2.Sn.H/c2*1-3-5-7-8-6-4-2;6-4-2-1-3-5(4)7;;/h2*1,3-8H2,2H3;4,6-7H,1-3H2;;. The van der Waals surface area contributed by atoms with Gasteiger partial charge in [-0.2, -0.15) is 0 Å². The summed E-state index contributed by atoms with van der Waals surface area (Å²) in [5.41, 5.74) is 0. The summed E-state index contributed by atoms with van der Waals surface area (Å²) in [4.78, 5) is 0. The summed E-state index contributed by atoms with van der Waals surface area (Å²) in [5.74, 6) is 0. The van der Waals surface area contributed by atoms with Crippen LogP contribution in [-0.2, 0) is 0 Å². The fraction of sp³-hybridized carbons (Fsp3) is 1.00. The minimum atomic E-state index is -2.08. The van der Waals surface area contributed by atoms with Gasteiger partial charge in [0, 0.05) is 0 Å². The van der Waals surface area contributed by atoms with Gasteiger partial charge < -0.3 is 0 Å². The van der Waals surface area contributed by atoms with Gasteiger partial charge in [0.1, 0.15) is 0 Å². The molecule has 0 aromatic rings. The van der Waals surface area contributed by atoms with Crippen molar-refractivity contribution in [1.82, 2.24) is 0 Å². The van der Waals surface area contributed by atoms with E-state index < -0.39 is 29.5 Å². The first kappa shape index (κ1) is 22.8. The van der Waals surface area contributed by atoms with E-state index in [1.807, 2.05) is 0 Å². The second kappa shape index (κ2) is 13.9. The zero-order valence-electron chi connectivity index (χ0n) is 16.6. The molecule has 1 aliphatic rings. The topological polar surface area (TPSA) is 40.5 Å². The van der Waals surface area contributed by atoms with Crippen LogP contribution in [0.2, 0.25) is 8.87 Å². The van der Waals surface area contributed by atoms with Crippen LogP contribution in [0.15, 0.2) is 0 Å². The number of aliphatic hydroxyl groups is 2. The first-order valence-corrected chi connectivity index (χ1v) is 17.4. The molecule has 144 valence electrons. The Morgan fingerprint density at radius 2 is 1.25 bits per heavy atom. The van der Waals surface area contributed by atoms with Crippen LogP contribution in [0.4, 0.5) is 0 Å². The molecule has 1 rings (SSSR count). The van der Waals surface area contributed by atoms with E-state index in [1.54, 1.807) is 0 Å². The Bertz CT molecular complexity index is 282. The summed E-state index contributed by atoms with van der Waals surface area (Å²) in [6, 6.07) is 0. The van der Waals surface area contributed by atoms with E-state index in [2.05, 4.69) is 13.8 Å². The van der Waals surface area contributed by atoms with E-state index in [9.17, 15) is 10.2 Å². The quantitative estimate of drug-likeness (QED) is 0.248. The number of rotatable bonds is 15. The summed E-state index contributed by atoms with van der Waals surface area (Å²) in [6.07, 6.45) is 18.6. The summed E-state index contributed by atoms with van der Waals surface area (Å²) in [5, 5.41) is 21.5. The molecule has 0 aromatic carbocycles. The van der Waals surface area contributed by atoms with E-state index in [-0.39, 0.29) is 0 Å². The van der Waals surface area contributed by atoms with Gasteiger partial charge in [0.05, 0.1) is 0 Å². The van der Waals surface area contributed by atoms with Crippen LogP contribution in [0.1, 0.15) is 110 Å². The Labute approximate surface area is 158 Å². The average molecular weight is 447 g/mol. The van der Waals surface area contributed by atoms with E-state index in [0.717, 1.165) is 19.3 Å². The van der Waals surface area contributed by atoms with E-state index in [4.69, 9.17) is 0 Å². The Kier molecular flexibility index (Phi) is 13.1. The molecule has 0 heterocycles. The third-order valence-corrected chi connectivity index (χ3v) is 18.4. The van der Waals surface area contributed by atoms with Crippen LogP contribution in [-0.4, -0.2) is 39.7 Å². The van der Waals surface area contributed by atoms with Crippen molar-refractivity contribution in [3.8, 4) is 0 Å². The van der Waals surface area contributed by atoms with Crippen molar-refractivity contribution in [2.45, 2.75) is 129 Å². The Balaban J connectivity index is 2.33. The van der Waals surface area contributed by atoms with Crippen LogP contribution in [0.3, 0.4) is 0 Å². The molecule has 2 N–H and O–H groups in total. The van der Waals surface area contributed by atoms with E-state index >= 15 is 0 Å². The van der Waals surface area contributed by atoms with Gasteiger partial charge in [-0.05, 0) is 0 Å².